The Kier molecular flexibility index (Phi) is 4.62. The van der Waals surface area contributed by atoms with Crippen LogP contribution in [0.5, 0.6) is 0 Å². The molecule has 6 heteroatoms. The second-order valence-corrected chi connectivity index (χ2v) is 7.93. The standard InChI is InChI=1S/C24H23FN4O/c1-14-19-12-15(6-11-20(19)27-22(14)16-7-9-17(25)10-8-16)13-26-24(30)23-18-4-2-3-5-21(18)28-29-23/h6-12,27H,2-5,13H2,1H3,(H,26,30)(H,28,29). The Balaban J connectivity index is 1.36. The largest absolute Gasteiger partial charge is 0.354 e. The van der Waals surface area contributed by atoms with Crippen LogP contribution in [-0.4, -0.2) is 21.1 Å². The highest BCUT2D eigenvalue weighted by Gasteiger charge is 2.21. The molecule has 5 rings (SSSR count). The first-order valence-electron chi connectivity index (χ1n) is 10.3. The second-order valence-electron chi connectivity index (χ2n) is 7.93. The molecule has 1 amide bonds. The molecule has 2 aromatic heterocycles. The summed E-state index contributed by atoms with van der Waals surface area (Å²) >= 11 is 0. The predicted molar refractivity (Wildman–Crippen MR) is 115 cm³/mol. The van der Waals surface area contributed by atoms with E-state index in [-0.39, 0.29) is 11.7 Å². The summed E-state index contributed by atoms with van der Waals surface area (Å²) in [5.74, 6) is -0.379. The fraction of sp³-hybridized carbons (Fsp3) is 0.250. The van der Waals surface area contributed by atoms with Crippen molar-refractivity contribution in [2.75, 3.05) is 0 Å². The SMILES string of the molecule is Cc1c(-c2ccc(F)cc2)[nH]c2ccc(CNC(=O)c3n[nH]c4c3CCCC4)cc12. The lowest BCUT2D eigenvalue weighted by molar-refractivity contribution is 0.0945. The summed E-state index contributed by atoms with van der Waals surface area (Å²) in [6, 6.07) is 12.6. The molecule has 0 atom stereocenters. The van der Waals surface area contributed by atoms with Crippen molar-refractivity contribution < 1.29 is 9.18 Å². The zero-order valence-corrected chi connectivity index (χ0v) is 16.8. The molecule has 2 aromatic carbocycles. The van der Waals surface area contributed by atoms with E-state index in [1.807, 2.05) is 12.1 Å². The molecule has 0 unspecified atom stereocenters. The van der Waals surface area contributed by atoms with Crippen molar-refractivity contribution in [1.29, 1.82) is 0 Å². The van der Waals surface area contributed by atoms with Gasteiger partial charge in [-0.1, -0.05) is 6.07 Å². The van der Waals surface area contributed by atoms with Crippen LogP contribution in [0.2, 0.25) is 0 Å². The number of amides is 1. The van der Waals surface area contributed by atoms with Crippen LogP contribution < -0.4 is 5.32 Å². The number of aryl methyl sites for hydroxylation is 2. The normalized spacial score (nSPS) is 13.4. The van der Waals surface area contributed by atoms with Gasteiger partial charge in [0.2, 0.25) is 0 Å². The van der Waals surface area contributed by atoms with Gasteiger partial charge in [-0.15, -0.1) is 0 Å². The van der Waals surface area contributed by atoms with E-state index < -0.39 is 0 Å². The van der Waals surface area contributed by atoms with Gasteiger partial charge in [-0.05, 0) is 85.7 Å². The number of aromatic amines is 2. The van der Waals surface area contributed by atoms with E-state index in [0.29, 0.717) is 12.2 Å². The topological polar surface area (TPSA) is 73.6 Å². The highest BCUT2D eigenvalue weighted by molar-refractivity contribution is 5.94. The number of halogens is 1. The molecule has 1 aliphatic carbocycles. The van der Waals surface area contributed by atoms with E-state index in [9.17, 15) is 9.18 Å². The Morgan fingerprint density at radius 3 is 2.77 bits per heavy atom. The second kappa shape index (κ2) is 7.44. The predicted octanol–water partition coefficient (Wildman–Crippen LogP) is 4.81. The van der Waals surface area contributed by atoms with Gasteiger partial charge in [0.25, 0.3) is 5.91 Å². The van der Waals surface area contributed by atoms with Gasteiger partial charge in [0.05, 0.1) is 0 Å². The lowest BCUT2D eigenvalue weighted by atomic mass is 9.96. The average molecular weight is 402 g/mol. The first-order valence-corrected chi connectivity index (χ1v) is 10.3. The Labute approximate surface area is 173 Å². The van der Waals surface area contributed by atoms with Crippen LogP contribution in [0.25, 0.3) is 22.2 Å². The molecule has 5 nitrogen and oxygen atoms in total. The maximum atomic E-state index is 13.3. The minimum Gasteiger partial charge on any atom is -0.354 e. The van der Waals surface area contributed by atoms with E-state index in [2.05, 4.69) is 33.5 Å². The summed E-state index contributed by atoms with van der Waals surface area (Å²) in [7, 11) is 0. The Bertz CT molecular complexity index is 1240. The molecule has 0 radical (unpaired) electrons. The van der Waals surface area contributed by atoms with Gasteiger partial charge in [0.15, 0.2) is 5.69 Å². The maximum Gasteiger partial charge on any atom is 0.272 e. The fourth-order valence-electron chi connectivity index (χ4n) is 4.32. The first kappa shape index (κ1) is 18.6. The Hall–Kier alpha value is -3.41. The van der Waals surface area contributed by atoms with Crippen molar-refractivity contribution in [1.82, 2.24) is 20.5 Å². The van der Waals surface area contributed by atoms with Gasteiger partial charge in [-0.2, -0.15) is 5.10 Å². The molecule has 4 aromatic rings. The number of carbonyl (C=O) groups is 1. The van der Waals surface area contributed by atoms with Crippen LogP contribution in [0.1, 0.15) is 45.7 Å². The van der Waals surface area contributed by atoms with Crippen LogP contribution in [-0.2, 0) is 19.4 Å². The number of aromatic nitrogens is 3. The third kappa shape index (κ3) is 3.28. The number of rotatable bonds is 4. The monoisotopic (exact) mass is 402 g/mol. The molecular formula is C24H23FN4O. The van der Waals surface area contributed by atoms with Crippen LogP contribution in [0, 0.1) is 12.7 Å². The number of carbonyl (C=O) groups excluding carboxylic acids is 1. The van der Waals surface area contributed by atoms with Crippen molar-refractivity contribution in [2.45, 2.75) is 39.2 Å². The zero-order chi connectivity index (χ0) is 20.7. The van der Waals surface area contributed by atoms with Crippen molar-refractivity contribution in [3.05, 3.63) is 76.4 Å². The molecular weight excluding hydrogens is 379 g/mol. The molecule has 0 fully saturated rings. The van der Waals surface area contributed by atoms with Crippen LogP contribution in [0.4, 0.5) is 4.39 Å². The molecule has 30 heavy (non-hydrogen) atoms. The van der Waals surface area contributed by atoms with Crippen LogP contribution >= 0.6 is 0 Å². The van der Waals surface area contributed by atoms with Gasteiger partial charge >= 0.3 is 0 Å². The number of hydrogen-bond acceptors (Lipinski definition) is 2. The molecule has 1 aliphatic rings. The maximum absolute atomic E-state index is 13.3. The third-order valence-electron chi connectivity index (χ3n) is 5.98. The summed E-state index contributed by atoms with van der Waals surface area (Å²) in [5.41, 5.74) is 7.77. The minimum absolute atomic E-state index is 0.132. The van der Waals surface area contributed by atoms with Crippen LogP contribution in [0.15, 0.2) is 42.5 Å². The molecule has 3 N–H and O–H groups in total. The van der Waals surface area contributed by atoms with Gasteiger partial charge in [0.1, 0.15) is 5.82 Å². The van der Waals surface area contributed by atoms with Crippen molar-refractivity contribution >= 4 is 16.8 Å². The van der Waals surface area contributed by atoms with E-state index in [4.69, 9.17) is 0 Å². The number of nitrogens with zero attached hydrogens (tertiary/aromatic N) is 1. The summed E-state index contributed by atoms with van der Waals surface area (Å²) in [5, 5.41) is 11.4. The Morgan fingerprint density at radius 1 is 1.13 bits per heavy atom. The van der Waals surface area contributed by atoms with Gasteiger partial charge in [0, 0.05) is 34.4 Å². The van der Waals surface area contributed by atoms with E-state index >= 15 is 0 Å². The smallest absolute Gasteiger partial charge is 0.272 e. The number of nitrogens with one attached hydrogen (secondary N) is 3. The molecule has 0 saturated heterocycles. The highest BCUT2D eigenvalue weighted by atomic mass is 19.1. The van der Waals surface area contributed by atoms with Crippen molar-refractivity contribution in [3.63, 3.8) is 0 Å². The molecule has 152 valence electrons. The number of benzene rings is 2. The first-order chi connectivity index (χ1) is 14.6. The number of hydrogen-bond donors (Lipinski definition) is 3. The Morgan fingerprint density at radius 2 is 1.93 bits per heavy atom. The van der Waals surface area contributed by atoms with Crippen molar-refractivity contribution in [2.24, 2.45) is 0 Å². The van der Waals surface area contributed by atoms with Gasteiger partial charge in [-0.25, -0.2) is 4.39 Å². The van der Waals surface area contributed by atoms with E-state index in [0.717, 1.165) is 70.2 Å². The van der Waals surface area contributed by atoms with E-state index in [1.165, 1.54) is 12.1 Å². The quantitative estimate of drug-likeness (QED) is 0.458. The molecule has 0 saturated carbocycles. The summed E-state index contributed by atoms with van der Waals surface area (Å²) in [6.07, 6.45) is 4.13. The fourth-order valence-corrected chi connectivity index (χ4v) is 4.32. The summed E-state index contributed by atoms with van der Waals surface area (Å²) in [4.78, 5) is 16.1. The van der Waals surface area contributed by atoms with Gasteiger partial charge < -0.3 is 10.3 Å². The average Bonchev–Trinajstić information content (AvgIpc) is 3.34. The zero-order valence-electron chi connectivity index (χ0n) is 16.8. The molecule has 0 spiro atoms. The molecule has 2 heterocycles. The highest BCUT2D eigenvalue weighted by Crippen LogP contribution is 2.30. The van der Waals surface area contributed by atoms with Crippen LogP contribution in [0.3, 0.4) is 0 Å². The lowest BCUT2D eigenvalue weighted by Gasteiger charge is -2.11. The molecule has 0 bridgehead atoms. The molecule has 0 aliphatic heterocycles. The van der Waals surface area contributed by atoms with Crippen molar-refractivity contribution in [3.8, 4) is 11.3 Å². The number of H-pyrrole nitrogens is 2. The lowest BCUT2D eigenvalue weighted by Crippen LogP contribution is -2.24. The third-order valence-corrected chi connectivity index (χ3v) is 5.98. The summed E-state index contributed by atoms with van der Waals surface area (Å²) < 4.78 is 13.3. The van der Waals surface area contributed by atoms with Gasteiger partial charge in [-0.3, -0.25) is 9.89 Å². The number of fused-ring (bicyclic) bond motifs is 2. The summed E-state index contributed by atoms with van der Waals surface area (Å²) in [6.45, 7) is 2.49. The van der Waals surface area contributed by atoms with E-state index in [1.54, 1.807) is 12.1 Å². The minimum atomic E-state index is -0.247.